The number of amides is 3. The number of nitrogens with zero attached hydrogens (tertiary/aromatic N) is 5. The normalized spacial score (nSPS) is 17.9. The molecule has 9 heteroatoms. The van der Waals surface area contributed by atoms with E-state index in [4.69, 9.17) is 4.42 Å². The number of imide groups is 1. The quantitative estimate of drug-likeness (QED) is 0.606. The highest BCUT2D eigenvalue weighted by atomic mass is 16.4. The van der Waals surface area contributed by atoms with Gasteiger partial charge in [0.1, 0.15) is 6.04 Å². The number of aromatic nitrogens is 2. The molecule has 1 fully saturated rings. The smallest absolute Gasteiger partial charge is 0.262 e. The van der Waals surface area contributed by atoms with Gasteiger partial charge in [-0.05, 0) is 24.5 Å². The molecule has 0 aliphatic carbocycles. The molecule has 3 heterocycles. The minimum atomic E-state index is -0.782. The molecule has 3 amide bonds. The van der Waals surface area contributed by atoms with E-state index < -0.39 is 6.04 Å². The molecule has 1 aromatic heterocycles. The first-order valence-corrected chi connectivity index (χ1v) is 11.1. The Kier molecular flexibility index (Phi) is 6.36. The van der Waals surface area contributed by atoms with Gasteiger partial charge in [0, 0.05) is 46.1 Å². The monoisotopic (exact) mass is 439 g/mol. The Balaban J connectivity index is 1.41. The minimum Gasteiger partial charge on any atom is -0.426 e. The van der Waals surface area contributed by atoms with Gasteiger partial charge in [0.2, 0.25) is 17.7 Å². The maximum atomic E-state index is 13.5. The summed E-state index contributed by atoms with van der Waals surface area (Å²) in [6.07, 6.45) is 1.11. The molecule has 1 unspecified atom stereocenters. The summed E-state index contributed by atoms with van der Waals surface area (Å²) in [5.41, 5.74) is 0.750. The lowest BCUT2D eigenvalue weighted by molar-refractivity contribution is -0.137. The van der Waals surface area contributed by atoms with Gasteiger partial charge in [-0.25, -0.2) is 0 Å². The van der Waals surface area contributed by atoms with Crippen molar-refractivity contribution < 1.29 is 18.8 Å². The van der Waals surface area contributed by atoms with E-state index in [1.807, 2.05) is 13.8 Å². The molecular weight excluding hydrogens is 410 g/mol. The van der Waals surface area contributed by atoms with Crippen molar-refractivity contribution in [1.82, 2.24) is 24.9 Å². The largest absolute Gasteiger partial charge is 0.426 e. The van der Waals surface area contributed by atoms with E-state index in [2.05, 4.69) is 15.1 Å². The van der Waals surface area contributed by atoms with Crippen LogP contribution in [0.3, 0.4) is 0 Å². The van der Waals surface area contributed by atoms with Crippen LogP contribution < -0.4 is 0 Å². The Morgan fingerprint density at radius 3 is 2.19 bits per heavy atom. The Morgan fingerprint density at radius 1 is 1.03 bits per heavy atom. The molecule has 1 atom stereocenters. The van der Waals surface area contributed by atoms with Crippen LogP contribution in [-0.2, 0) is 11.2 Å². The van der Waals surface area contributed by atoms with Crippen molar-refractivity contribution in [2.45, 2.75) is 39.7 Å². The first-order valence-electron chi connectivity index (χ1n) is 11.1. The third-order valence-corrected chi connectivity index (χ3v) is 6.01. The fourth-order valence-corrected chi connectivity index (χ4v) is 4.35. The molecule has 1 saturated heterocycles. The first kappa shape index (κ1) is 22.1. The van der Waals surface area contributed by atoms with Crippen molar-refractivity contribution in [3.63, 3.8) is 0 Å². The van der Waals surface area contributed by atoms with Gasteiger partial charge in [-0.1, -0.05) is 26.0 Å². The highest BCUT2D eigenvalue weighted by Crippen LogP contribution is 2.28. The van der Waals surface area contributed by atoms with Crippen LogP contribution in [0.25, 0.3) is 0 Å². The van der Waals surface area contributed by atoms with Gasteiger partial charge in [0.15, 0.2) is 0 Å². The second-order valence-electron chi connectivity index (χ2n) is 8.80. The highest BCUT2D eigenvalue weighted by molar-refractivity contribution is 6.22. The van der Waals surface area contributed by atoms with E-state index in [-0.39, 0.29) is 23.6 Å². The van der Waals surface area contributed by atoms with Crippen molar-refractivity contribution in [3.05, 3.63) is 47.2 Å². The van der Waals surface area contributed by atoms with Crippen LogP contribution in [0, 0.1) is 12.8 Å². The van der Waals surface area contributed by atoms with Gasteiger partial charge in [-0.3, -0.25) is 24.2 Å². The summed E-state index contributed by atoms with van der Waals surface area (Å²) in [5.74, 6) is 0.423. The summed E-state index contributed by atoms with van der Waals surface area (Å²) >= 11 is 0. The van der Waals surface area contributed by atoms with E-state index in [0.29, 0.717) is 48.8 Å². The Hall–Kier alpha value is -3.07. The van der Waals surface area contributed by atoms with Crippen molar-refractivity contribution in [3.8, 4) is 0 Å². The second kappa shape index (κ2) is 9.20. The summed E-state index contributed by atoms with van der Waals surface area (Å²) in [5, 5.41) is 7.87. The van der Waals surface area contributed by atoms with Gasteiger partial charge in [-0.15, -0.1) is 10.2 Å². The van der Waals surface area contributed by atoms with E-state index in [9.17, 15) is 14.4 Å². The lowest BCUT2D eigenvalue weighted by Crippen LogP contribution is -2.56. The number of benzene rings is 1. The lowest BCUT2D eigenvalue weighted by atomic mass is 10.0. The molecule has 4 rings (SSSR count). The van der Waals surface area contributed by atoms with Gasteiger partial charge < -0.3 is 9.32 Å². The Labute approximate surface area is 187 Å². The number of hydrogen-bond donors (Lipinski definition) is 0. The molecule has 32 heavy (non-hydrogen) atoms. The Bertz CT molecular complexity index is 974. The maximum absolute atomic E-state index is 13.5. The molecule has 1 aromatic carbocycles. The summed E-state index contributed by atoms with van der Waals surface area (Å²) < 4.78 is 5.42. The molecule has 0 saturated carbocycles. The fourth-order valence-electron chi connectivity index (χ4n) is 4.35. The molecule has 0 radical (unpaired) electrons. The molecule has 0 bridgehead atoms. The molecule has 2 aliphatic rings. The van der Waals surface area contributed by atoms with Crippen LogP contribution in [0.2, 0.25) is 0 Å². The van der Waals surface area contributed by atoms with Crippen LogP contribution in [0.5, 0.6) is 0 Å². The highest BCUT2D eigenvalue weighted by Gasteiger charge is 2.44. The topological polar surface area (TPSA) is 99.9 Å². The summed E-state index contributed by atoms with van der Waals surface area (Å²) in [7, 11) is 0. The van der Waals surface area contributed by atoms with Crippen molar-refractivity contribution in [2.24, 2.45) is 5.92 Å². The number of rotatable bonds is 7. The third kappa shape index (κ3) is 4.43. The number of aryl methyl sites for hydroxylation is 1. The van der Waals surface area contributed by atoms with Crippen LogP contribution in [0.15, 0.2) is 28.7 Å². The van der Waals surface area contributed by atoms with Crippen molar-refractivity contribution in [2.75, 3.05) is 32.7 Å². The predicted octanol–water partition coefficient (Wildman–Crippen LogP) is 1.78. The average molecular weight is 440 g/mol. The molecule has 170 valence electrons. The first-order chi connectivity index (χ1) is 15.3. The van der Waals surface area contributed by atoms with E-state index in [1.54, 1.807) is 36.1 Å². The zero-order valence-corrected chi connectivity index (χ0v) is 18.8. The fraction of sp³-hybridized carbons (Fsp3) is 0.522. The number of fused-ring (bicyclic) bond motifs is 1. The van der Waals surface area contributed by atoms with E-state index >= 15 is 0 Å². The second-order valence-corrected chi connectivity index (χ2v) is 8.80. The Morgan fingerprint density at radius 2 is 1.66 bits per heavy atom. The molecular formula is C23H29N5O4. The SMILES string of the molecule is Cc1nnc(CCN2CCN(C(=O)C(CC(C)C)N3C(=O)c4ccccc4C3=O)CC2)o1. The number of hydrogen-bond acceptors (Lipinski definition) is 7. The number of carbonyl (C=O) groups excluding carboxylic acids is 3. The van der Waals surface area contributed by atoms with Gasteiger partial charge in [-0.2, -0.15) is 0 Å². The molecule has 2 aliphatic heterocycles. The predicted molar refractivity (Wildman–Crippen MR) is 116 cm³/mol. The van der Waals surface area contributed by atoms with Gasteiger partial charge in [0.25, 0.3) is 11.8 Å². The van der Waals surface area contributed by atoms with E-state index in [1.165, 1.54) is 4.90 Å². The third-order valence-electron chi connectivity index (χ3n) is 6.01. The van der Waals surface area contributed by atoms with Gasteiger partial charge >= 0.3 is 0 Å². The standard InChI is InChI=1S/C23H29N5O4/c1-15(2)14-19(28-21(29)17-6-4-5-7-18(17)22(28)30)23(31)27-12-10-26(11-13-27)9-8-20-25-24-16(3)32-20/h4-7,15,19H,8-14H2,1-3H3. The average Bonchev–Trinajstić information content (AvgIpc) is 3.31. The van der Waals surface area contributed by atoms with Crippen molar-refractivity contribution in [1.29, 1.82) is 0 Å². The van der Waals surface area contributed by atoms with Crippen LogP contribution >= 0.6 is 0 Å². The molecule has 2 aromatic rings. The summed E-state index contributed by atoms with van der Waals surface area (Å²) in [6.45, 7) is 9.08. The van der Waals surface area contributed by atoms with Crippen LogP contribution in [-0.4, -0.2) is 81.4 Å². The summed E-state index contributed by atoms with van der Waals surface area (Å²) in [4.78, 5) is 44.7. The minimum absolute atomic E-state index is 0.152. The van der Waals surface area contributed by atoms with Crippen molar-refractivity contribution >= 4 is 17.7 Å². The molecule has 0 spiro atoms. The number of piperazine rings is 1. The number of carbonyl (C=O) groups is 3. The zero-order valence-electron chi connectivity index (χ0n) is 18.8. The maximum Gasteiger partial charge on any atom is 0.262 e. The molecule has 0 N–H and O–H groups in total. The van der Waals surface area contributed by atoms with Gasteiger partial charge in [0.05, 0.1) is 11.1 Å². The van der Waals surface area contributed by atoms with Crippen LogP contribution in [0.4, 0.5) is 0 Å². The summed E-state index contributed by atoms with van der Waals surface area (Å²) in [6, 6.07) is 5.99. The lowest BCUT2D eigenvalue weighted by Gasteiger charge is -2.38. The van der Waals surface area contributed by atoms with Crippen LogP contribution in [0.1, 0.15) is 52.8 Å². The van der Waals surface area contributed by atoms with E-state index in [0.717, 1.165) is 19.6 Å². The molecule has 9 nitrogen and oxygen atoms in total. The zero-order chi connectivity index (χ0) is 22.8.